The average Bonchev–Trinajstić information content (AvgIpc) is 3.20. The van der Waals surface area contributed by atoms with Crippen molar-refractivity contribution in [1.82, 2.24) is 25.5 Å². The van der Waals surface area contributed by atoms with E-state index >= 15 is 0 Å². The summed E-state index contributed by atoms with van der Waals surface area (Å²) in [6.07, 6.45) is 5.60. The Morgan fingerprint density at radius 3 is 2.92 bits per heavy atom. The van der Waals surface area contributed by atoms with Crippen LogP contribution in [-0.4, -0.2) is 71.6 Å². The number of halogens is 1. The SMILES string of the molecule is C[C@@H](NC(=O)CN1Cc2ccc(-c3nc(NC4CCOCC4)ncc3Cl)cc2C1=O)[C@H]1CCCNC1. The number of rotatable bonds is 7. The Morgan fingerprint density at radius 2 is 2.14 bits per heavy atom. The van der Waals surface area contributed by atoms with E-state index in [9.17, 15) is 9.59 Å². The lowest BCUT2D eigenvalue weighted by Crippen LogP contribution is -2.47. The molecule has 192 valence electrons. The Labute approximate surface area is 216 Å². The van der Waals surface area contributed by atoms with Gasteiger partial charge in [-0.2, -0.15) is 0 Å². The molecule has 3 N–H and O–H groups in total. The van der Waals surface area contributed by atoms with E-state index in [0.29, 0.717) is 34.7 Å². The van der Waals surface area contributed by atoms with Gasteiger partial charge in [-0.05, 0) is 63.2 Å². The predicted molar refractivity (Wildman–Crippen MR) is 138 cm³/mol. The van der Waals surface area contributed by atoms with Crippen molar-refractivity contribution < 1.29 is 14.3 Å². The summed E-state index contributed by atoms with van der Waals surface area (Å²) >= 11 is 6.45. The van der Waals surface area contributed by atoms with Crippen LogP contribution < -0.4 is 16.0 Å². The number of nitrogens with one attached hydrogen (secondary N) is 3. The van der Waals surface area contributed by atoms with E-state index in [1.807, 2.05) is 25.1 Å². The van der Waals surface area contributed by atoms with E-state index in [0.717, 1.165) is 63.1 Å². The summed E-state index contributed by atoms with van der Waals surface area (Å²) in [5.74, 6) is 0.644. The van der Waals surface area contributed by atoms with Crippen molar-refractivity contribution in [3.63, 3.8) is 0 Å². The van der Waals surface area contributed by atoms with E-state index in [1.165, 1.54) is 0 Å². The quantitative estimate of drug-likeness (QED) is 0.523. The molecule has 2 atom stereocenters. The molecule has 0 spiro atoms. The smallest absolute Gasteiger partial charge is 0.254 e. The number of hydrogen-bond donors (Lipinski definition) is 3. The van der Waals surface area contributed by atoms with Crippen molar-refractivity contribution in [2.45, 2.75) is 51.2 Å². The van der Waals surface area contributed by atoms with Crippen LogP contribution in [0.15, 0.2) is 24.4 Å². The van der Waals surface area contributed by atoms with Gasteiger partial charge in [-0.3, -0.25) is 9.59 Å². The maximum atomic E-state index is 13.2. The number of aromatic nitrogens is 2. The van der Waals surface area contributed by atoms with Crippen LogP contribution in [0.2, 0.25) is 5.02 Å². The molecular formula is C26H33ClN6O3. The third-order valence-corrected chi connectivity index (χ3v) is 7.60. The van der Waals surface area contributed by atoms with E-state index in [-0.39, 0.29) is 30.4 Å². The molecule has 2 saturated heterocycles. The van der Waals surface area contributed by atoms with E-state index in [2.05, 4.69) is 25.9 Å². The number of ether oxygens (including phenoxy) is 1. The number of nitrogens with zero attached hydrogens (tertiary/aromatic N) is 3. The van der Waals surface area contributed by atoms with E-state index in [1.54, 1.807) is 11.1 Å². The van der Waals surface area contributed by atoms with E-state index in [4.69, 9.17) is 16.3 Å². The number of carbonyl (C=O) groups is 2. The molecule has 5 rings (SSSR count). The van der Waals surface area contributed by atoms with Gasteiger partial charge >= 0.3 is 0 Å². The van der Waals surface area contributed by atoms with Crippen LogP contribution in [-0.2, 0) is 16.1 Å². The molecule has 3 aliphatic rings. The third-order valence-electron chi connectivity index (χ3n) is 7.33. The minimum Gasteiger partial charge on any atom is -0.381 e. The number of benzene rings is 1. The number of piperidine rings is 1. The highest BCUT2D eigenvalue weighted by atomic mass is 35.5. The molecule has 0 radical (unpaired) electrons. The fraction of sp³-hybridized carbons (Fsp3) is 0.538. The predicted octanol–water partition coefficient (Wildman–Crippen LogP) is 2.85. The Hall–Kier alpha value is -2.75. The topological polar surface area (TPSA) is 108 Å². The van der Waals surface area contributed by atoms with Crippen molar-refractivity contribution in [3.05, 3.63) is 40.5 Å². The normalized spacial score (nSPS) is 21.2. The number of hydrogen-bond acceptors (Lipinski definition) is 7. The number of amides is 2. The molecule has 9 nitrogen and oxygen atoms in total. The molecule has 0 saturated carbocycles. The van der Waals surface area contributed by atoms with Crippen LogP contribution in [0.1, 0.15) is 48.5 Å². The Morgan fingerprint density at radius 1 is 1.31 bits per heavy atom. The van der Waals surface area contributed by atoms with Gasteiger partial charge in [0.05, 0.1) is 16.9 Å². The van der Waals surface area contributed by atoms with Gasteiger partial charge in [0.15, 0.2) is 0 Å². The second kappa shape index (κ2) is 11.1. The second-order valence-electron chi connectivity index (χ2n) is 9.92. The molecule has 10 heteroatoms. The lowest BCUT2D eigenvalue weighted by molar-refractivity contribution is -0.122. The zero-order valence-electron chi connectivity index (χ0n) is 20.6. The van der Waals surface area contributed by atoms with Crippen LogP contribution in [0.25, 0.3) is 11.3 Å². The van der Waals surface area contributed by atoms with Crippen LogP contribution in [0.5, 0.6) is 0 Å². The van der Waals surface area contributed by atoms with Crippen molar-refractivity contribution in [3.8, 4) is 11.3 Å². The number of carbonyl (C=O) groups excluding carboxylic acids is 2. The molecule has 4 heterocycles. The number of fused-ring (bicyclic) bond motifs is 1. The maximum absolute atomic E-state index is 13.2. The standard InChI is InChI=1S/C26H33ClN6O3/c1-16(18-3-2-8-28-12-18)30-23(34)15-33-14-19-5-4-17(11-21(19)25(33)35)24-22(27)13-29-26(32-24)31-20-6-9-36-10-7-20/h4-5,11,13,16,18,20,28H,2-3,6-10,12,14-15H2,1H3,(H,30,34)(H,29,31,32)/t16-,18+/m1/s1. The molecular weight excluding hydrogens is 480 g/mol. The van der Waals surface area contributed by atoms with Crippen molar-refractivity contribution >= 4 is 29.4 Å². The van der Waals surface area contributed by atoms with Crippen molar-refractivity contribution in [2.24, 2.45) is 5.92 Å². The molecule has 1 aromatic heterocycles. The first kappa shape index (κ1) is 24.9. The average molecular weight is 513 g/mol. The minimum atomic E-state index is -0.153. The molecule has 36 heavy (non-hydrogen) atoms. The largest absolute Gasteiger partial charge is 0.381 e. The monoisotopic (exact) mass is 512 g/mol. The summed E-state index contributed by atoms with van der Waals surface area (Å²) in [5, 5.41) is 10.2. The lowest BCUT2D eigenvalue weighted by atomic mass is 9.93. The summed E-state index contributed by atoms with van der Waals surface area (Å²) in [7, 11) is 0. The molecule has 0 aliphatic carbocycles. The van der Waals surface area contributed by atoms with Gasteiger partial charge in [0, 0.05) is 43.0 Å². The minimum absolute atomic E-state index is 0.0424. The zero-order valence-corrected chi connectivity index (χ0v) is 21.3. The molecule has 2 fully saturated rings. The van der Waals surface area contributed by atoms with Crippen LogP contribution in [0.3, 0.4) is 0 Å². The van der Waals surface area contributed by atoms with Gasteiger partial charge in [-0.25, -0.2) is 9.97 Å². The fourth-order valence-corrected chi connectivity index (χ4v) is 5.40. The summed E-state index contributed by atoms with van der Waals surface area (Å²) in [6, 6.07) is 5.98. The zero-order chi connectivity index (χ0) is 25.1. The molecule has 1 aromatic carbocycles. The first-order valence-corrected chi connectivity index (χ1v) is 13.1. The van der Waals surface area contributed by atoms with Crippen LogP contribution in [0.4, 0.5) is 5.95 Å². The molecule has 0 unspecified atom stereocenters. The highest BCUT2D eigenvalue weighted by molar-refractivity contribution is 6.33. The van der Waals surface area contributed by atoms with E-state index < -0.39 is 0 Å². The second-order valence-corrected chi connectivity index (χ2v) is 10.3. The Balaban J connectivity index is 1.25. The highest BCUT2D eigenvalue weighted by Crippen LogP contribution is 2.31. The summed E-state index contributed by atoms with van der Waals surface area (Å²) in [5.41, 5.74) is 2.79. The van der Waals surface area contributed by atoms with Crippen molar-refractivity contribution in [2.75, 3.05) is 38.2 Å². The highest BCUT2D eigenvalue weighted by Gasteiger charge is 2.30. The van der Waals surface area contributed by atoms with Gasteiger partial charge in [0.25, 0.3) is 5.91 Å². The summed E-state index contributed by atoms with van der Waals surface area (Å²) in [4.78, 5) is 36.4. The third kappa shape index (κ3) is 5.63. The Kier molecular flexibility index (Phi) is 7.69. The van der Waals surface area contributed by atoms with Crippen molar-refractivity contribution in [1.29, 1.82) is 0 Å². The van der Waals surface area contributed by atoms with Gasteiger partial charge in [-0.1, -0.05) is 23.7 Å². The first-order valence-electron chi connectivity index (χ1n) is 12.8. The van der Waals surface area contributed by atoms with Crippen LogP contribution in [0, 0.1) is 5.92 Å². The molecule has 3 aliphatic heterocycles. The van der Waals surface area contributed by atoms with Gasteiger partial charge < -0.3 is 25.6 Å². The summed E-state index contributed by atoms with van der Waals surface area (Å²) in [6.45, 7) is 5.88. The van der Waals surface area contributed by atoms with Gasteiger partial charge in [-0.15, -0.1) is 0 Å². The van der Waals surface area contributed by atoms with Crippen LogP contribution >= 0.6 is 11.6 Å². The maximum Gasteiger partial charge on any atom is 0.254 e. The fourth-order valence-electron chi connectivity index (χ4n) is 5.20. The first-order chi connectivity index (χ1) is 17.5. The molecule has 2 aromatic rings. The van der Waals surface area contributed by atoms with Gasteiger partial charge in [0.1, 0.15) is 6.54 Å². The lowest BCUT2D eigenvalue weighted by Gasteiger charge is -2.29. The van der Waals surface area contributed by atoms with Gasteiger partial charge in [0.2, 0.25) is 11.9 Å². The summed E-state index contributed by atoms with van der Waals surface area (Å²) < 4.78 is 5.42. The molecule has 2 amide bonds. The molecule has 0 bridgehead atoms. The Bertz CT molecular complexity index is 1120. The number of anilines is 1.